The Morgan fingerprint density at radius 3 is 2.60 bits per heavy atom. The molecular weight excluding hydrogens is 553 g/mol. The van der Waals surface area contributed by atoms with Crippen LogP contribution in [-0.2, 0) is 23.1 Å². The van der Waals surface area contributed by atoms with Crippen LogP contribution in [0.5, 0.6) is 0 Å². The Hall–Kier alpha value is -0.920. The van der Waals surface area contributed by atoms with Crippen LogP contribution >= 0.6 is 7.82 Å². The minimum absolute atomic E-state index is 0.0675. The zero-order valence-corrected chi connectivity index (χ0v) is 28.0. The average molecular weight is 612 g/mol. The Morgan fingerprint density at radius 1 is 1.07 bits per heavy atom. The summed E-state index contributed by atoms with van der Waals surface area (Å²) < 4.78 is 31.4. The second-order valence-electron chi connectivity index (χ2n) is 14.6. The van der Waals surface area contributed by atoms with Gasteiger partial charge in [0.2, 0.25) is 0 Å². The Labute approximate surface area is 254 Å². The van der Waals surface area contributed by atoms with E-state index in [1.165, 1.54) is 56.9 Å². The molecule has 1 amide bonds. The first-order valence-corrected chi connectivity index (χ1v) is 18.1. The number of alkyl carbamates (subject to hydrolysis) is 1. The molecule has 9 heteroatoms. The van der Waals surface area contributed by atoms with Crippen LogP contribution in [0, 0.1) is 46.3 Å². The summed E-state index contributed by atoms with van der Waals surface area (Å²) in [4.78, 5) is 21.7. The van der Waals surface area contributed by atoms with Crippen LogP contribution in [0.4, 0.5) is 4.79 Å². The molecule has 2 N–H and O–H groups in total. The van der Waals surface area contributed by atoms with E-state index in [4.69, 9.17) is 14.0 Å². The molecule has 4 aliphatic rings. The van der Waals surface area contributed by atoms with Gasteiger partial charge in [-0.2, -0.15) is 0 Å². The van der Waals surface area contributed by atoms with Gasteiger partial charge in [0.1, 0.15) is 6.10 Å². The number of nitrogens with one attached hydrogen (secondary N) is 1. The molecule has 4 rings (SSSR count). The molecule has 9 unspecified atom stereocenters. The summed E-state index contributed by atoms with van der Waals surface area (Å²) in [5.74, 6) is 4.93. The number of phosphoric ester groups is 1. The molecule has 242 valence electrons. The highest BCUT2D eigenvalue weighted by Crippen LogP contribution is 2.67. The number of hydrogen-bond donors (Lipinski definition) is 2. The van der Waals surface area contributed by atoms with E-state index in [2.05, 4.69) is 50.5 Å². The van der Waals surface area contributed by atoms with E-state index >= 15 is 0 Å². The number of amides is 1. The lowest BCUT2D eigenvalue weighted by Gasteiger charge is -2.58. The smallest absolute Gasteiger partial charge is 0.446 e. The summed E-state index contributed by atoms with van der Waals surface area (Å²) in [6.45, 7) is 13.0. The van der Waals surface area contributed by atoms with Crippen LogP contribution in [-0.4, -0.2) is 50.6 Å². The van der Waals surface area contributed by atoms with Gasteiger partial charge in [0.25, 0.3) is 0 Å². The maximum Gasteiger partial charge on any atom is 0.471 e. The summed E-state index contributed by atoms with van der Waals surface area (Å²) >= 11 is 0. The number of carbonyl (C=O) groups is 1. The van der Waals surface area contributed by atoms with Crippen molar-refractivity contribution in [2.75, 3.05) is 33.5 Å². The van der Waals surface area contributed by atoms with Crippen LogP contribution in [0.15, 0.2) is 11.6 Å². The van der Waals surface area contributed by atoms with Gasteiger partial charge in [0, 0.05) is 20.1 Å². The fourth-order valence-electron chi connectivity index (χ4n) is 9.54. The molecule has 0 radical (unpaired) electrons. The van der Waals surface area contributed by atoms with Crippen LogP contribution in [0.25, 0.3) is 0 Å². The third-order valence-corrected chi connectivity index (χ3v) is 12.7. The Balaban J connectivity index is 1.24. The molecular formula is C33H58NO7P. The molecule has 0 aromatic heterocycles. The van der Waals surface area contributed by atoms with Gasteiger partial charge in [0.15, 0.2) is 0 Å². The van der Waals surface area contributed by atoms with Gasteiger partial charge in [-0.15, -0.1) is 0 Å². The first kappa shape index (κ1) is 34.0. The van der Waals surface area contributed by atoms with Gasteiger partial charge in [-0.1, -0.05) is 65.5 Å². The summed E-state index contributed by atoms with van der Waals surface area (Å²) in [5.41, 5.74) is 2.26. The molecule has 0 heterocycles. The van der Waals surface area contributed by atoms with E-state index in [-0.39, 0.29) is 31.3 Å². The summed E-state index contributed by atoms with van der Waals surface area (Å²) in [7, 11) is -2.88. The predicted molar refractivity (Wildman–Crippen MR) is 165 cm³/mol. The van der Waals surface area contributed by atoms with E-state index in [0.29, 0.717) is 12.0 Å². The third kappa shape index (κ3) is 7.83. The normalized spacial score (nSPS) is 36.3. The van der Waals surface area contributed by atoms with E-state index in [9.17, 15) is 14.3 Å². The number of ether oxygens (including phenoxy) is 2. The van der Waals surface area contributed by atoms with E-state index < -0.39 is 13.9 Å². The van der Waals surface area contributed by atoms with Crippen molar-refractivity contribution in [2.24, 2.45) is 46.3 Å². The topological polar surface area (TPSA) is 103 Å². The Kier molecular flexibility index (Phi) is 11.7. The molecule has 0 aromatic carbocycles. The van der Waals surface area contributed by atoms with E-state index in [1.807, 2.05) is 0 Å². The quantitative estimate of drug-likeness (QED) is 0.117. The molecule has 42 heavy (non-hydrogen) atoms. The number of allylic oxidation sites excluding steroid dienone is 1. The fraction of sp³-hybridized carbons (Fsp3) is 0.909. The highest BCUT2D eigenvalue weighted by Gasteiger charge is 2.59. The van der Waals surface area contributed by atoms with Gasteiger partial charge in [0.05, 0.1) is 19.8 Å². The minimum atomic E-state index is -3.98. The lowest BCUT2D eigenvalue weighted by atomic mass is 9.47. The van der Waals surface area contributed by atoms with Crippen molar-refractivity contribution in [3.63, 3.8) is 0 Å². The SMILES string of the molecule is COP(=O)(O)OCCOCCNC(=O)OC1CCC2(C)C(=CCC3C2CCC2(C)C(C(C)CCCC(C)C)CCC32)C1. The maximum absolute atomic E-state index is 12.5. The lowest BCUT2D eigenvalue weighted by molar-refractivity contribution is -0.0581. The van der Waals surface area contributed by atoms with Crippen molar-refractivity contribution < 1.29 is 32.8 Å². The molecule has 0 bridgehead atoms. The van der Waals surface area contributed by atoms with E-state index in [1.54, 1.807) is 0 Å². The predicted octanol–water partition coefficient (Wildman–Crippen LogP) is 7.90. The highest BCUT2D eigenvalue weighted by molar-refractivity contribution is 7.47. The number of rotatable bonds is 14. The fourth-order valence-corrected chi connectivity index (χ4v) is 9.95. The first-order valence-electron chi connectivity index (χ1n) is 16.6. The van der Waals surface area contributed by atoms with Crippen LogP contribution in [0.2, 0.25) is 0 Å². The summed E-state index contributed by atoms with van der Waals surface area (Å²) in [6, 6.07) is 0. The van der Waals surface area contributed by atoms with Gasteiger partial charge in [-0.3, -0.25) is 9.05 Å². The average Bonchev–Trinajstić information content (AvgIpc) is 3.29. The molecule has 0 saturated heterocycles. The molecule has 3 saturated carbocycles. The van der Waals surface area contributed by atoms with Crippen molar-refractivity contribution >= 4 is 13.9 Å². The van der Waals surface area contributed by atoms with Gasteiger partial charge in [-0.05, 0) is 91.3 Å². The van der Waals surface area contributed by atoms with Crippen molar-refractivity contribution in [1.82, 2.24) is 5.32 Å². The standard InChI is InChI=1S/C33H58NO7P/c1-23(2)8-7-9-24(3)28-12-13-29-27-11-10-25-22-26(14-16-32(25,4)30(27)15-17-33(28,29)5)41-31(35)34-18-19-39-20-21-40-42(36,37)38-6/h10,23-24,26-30H,7-9,11-22H2,1-6H3,(H,34,35)(H,36,37). The number of phosphoric acid groups is 1. The number of fused-ring (bicyclic) bond motifs is 5. The van der Waals surface area contributed by atoms with Crippen LogP contribution < -0.4 is 5.32 Å². The summed E-state index contributed by atoms with van der Waals surface area (Å²) in [6.07, 6.45) is 15.8. The number of carbonyl (C=O) groups excluding carboxylic acids is 1. The second-order valence-corrected chi connectivity index (χ2v) is 16.1. The van der Waals surface area contributed by atoms with E-state index in [0.717, 1.165) is 61.9 Å². The van der Waals surface area contributed by atoms with Crippen molar-refractivity contribution in [1.29, 1.82) is 0 Å². The molecule has 0 aromatic rings. The zero-order valence-electron chi connectivity index (χ0n) is 27.1. The van der Waals surface area contributed by atoms with Gasteiger partial charge >= 0.3 is 13.9 Å². The van der Waals surface area contributed by atoms with Gasteiger partial charge < -0.3 is 19.7 Å². The molecule has 4 aliphatic carbocycles. The largest absolute Gasteiger partial charge is 0.471 e. The summed E-state index contributed by atoms with van der Waals surface area (Å²) in [5, 5.41) is 2.76. The molecule has 8 nitrogen and oxygen atoms in total. The number of hydrogen-bond acceptors (Lipinski definition) is 6. The minimum Gasteiger partial charge on any atom is -0.446 e. The molecule has 9 atom stereocenters. The Morgan fingerprint density at radius 2 is 1.86 bits per heavy atom. The lowest BCUT2D eigenvalue weighted by Crippen LogP contribution is -2.51. The van der Waals surface area contributed by atoms with Gasteiger partial charge in [-0.25, -0.2) is 9.36 Å². The second kappa shape index (κ2) is 14.5. The van der Waals surface area contributed by atoms with Crippen molar-refractivity contribution in [3.05, 3.63) is 11.6 Å². The monoisotopic (exact) mass is 611 g/mol. The van der Waals surface area contributed by atoms with Crippen molar-refractivity contribution in [3.8, 4) is 0 Å². The molecule has 0 spiro atoms. The first-order chi connectivity index (χ1) is 19.9. The van der Waals surface area contributed by atoms with Crippen molar-refractivity contribution in [2.45, 2.75) is 111 Å². The maximum atomic E-state index is 12.5. The zero-order chi connectivity index (χ0) is 30.5. The van der Waals surface area contributed by atoms with Crippen LogP contribution in [0.3, 0.4) is 0 Å². The Bertz CT molecular complexity index is 987. The van der Waals surface area contributed by atoms with Crippen LogP contribution in [0.1, 0.15) is 105 Å². The highest BCUT2D eigenvalue weighted by atomic mass is 31.2. The third-order valence-electron chi connectivity index (χ3n) is 11.8. The molecule has 0 aliphatic heterocycles. The molecule has 3 fully saturated rings.